The van der Waals surface area contributed by atoms with Gasteiger partial charge in [-0.25, -0.2) is 4.39 Å². The maximum Gasteiger partial charge on any atom is 0.273 e. The van der Waals surface area contributed by atoms with Crippen molar-refractivity contribution in [3.05, 3.63) is 70.5 Å². The number of nitrogens with one attached hydrogen (secondary N) is 1. The molecule has 1 aliphatic rings. The van der Waals surface area contributed by atoms with Gasteiger partial charge in [-0.15, -0.1) is 0 Å². The van der Waals surface area contributed by atoms with Crippen molar-refractivity contribution in [3.63, 3.8) is 0 Å². The second kappa shape index (κ2) is 11.4. The van der Waals surface area contributed by atoms with Crippen LogP contribution < -0.4 is 26.4 Å². The average Bonchev–Trinajstić information content (AvgIpc) is 3.56. The Labute approximate surface area is 216 Å². The lowest BCUT2D eigenvalue weighted by atomic mass is 10.0. The van der Waals surface area contributed by atoms with Crippen molar-refractivity contribution in [2.24, 2.45) is 5.73 Å². The van der Waals surface area contributed by atoms with Crippen LogP contribution in [0, 0.1) is 5.82 Å². The van der Waals surface area contributed by atoms with Crippen molar-refractivity contribution in [1.82, 2.24) is 9.69 Å². The molecule has 1 aliphatic heterocycles. The van der Waals surface area contributed by atoms with E-state index in [2.05, 4.69) is 9.69 Å². The van der Waals surface area contributed by atoms with Crippen molar-refractivity contribution in [2.75, 3.05) is 30.9 Å². The van der Waals surface area contributed by atoms with E-state index in [1.807, 2.05) is 0 Å². The molecule has 194 valence electrons. The Morgan fingerprint density at radius 3 is 2.57 bits per heavy atom. The third-order valence-electron chi connectivity index (χ3n) is 5.95. The SMILES string of the molecule is COc1ccc(C(C(=O)NCC2CCCO2)N(C(=O)c2snc(C(N)=O)c2N)c2ccccc2F)cc1. The molecule has 1 fully saturated rings. The number of para-hydroxylation sites is 1. The molecule has 0 spiro atoms. The van der Waals surface area contributed by atoms with Crippen LogP contribution in [0.5, 0.6) is 5.75 Å². The standard InChI is InChI=1S/C25H26FN5O5S/c1-35-15-10-8-14(9-11-15)21(24(33)29-13-16-5-4-12-36-16)31(18-7-3-2-6-17(18)26)25(34)22-19(27)20(23(28)32)30-37-22/h2-3,6-11,16,21H,4-5,12-13,27H2,1H3,(H2,28,32)(H,29,33). The van der Waals surface area contributed by atoms with E-state index in [1.165, 1.54) is 25.3 Å². The Balaban J connectivity index is 1.82. The number of rotatable bonds is 9. The number of nitrogen functional groups attached to an aromatic ring is 1. The Hall–Kier alpha value is -4.03. The van der Waals surface area contributed by atoms with Gasteiger partial charge in [0, 0.05) is 13.2 Å². The van der Waals surface area contributed by atoms with Crippen molar-refractivity contribution in [2.45, 2.75) is 25.0 Å². The molecule has 37 heavy (non-hydrogen) atoms. The highest BCUT2D eigenvalue weighted by Crippen LogP contribution is 2.35. The summed E-state index contributed by atoms with van der Waals surface area (Å²) in [5.74, 6) is -2.49. The summed E-state index contributed by atoms with van der Waals surface area (Å²) in [6, 6.07) is 10.7. The van der Waals surface area contributed by atoms with E-state index in [1.54, 1.807) is 30.3 Å². The molecule has 0 radical (unpaired) electrons. The van der Waals surface area contributed by atoms with Gasteiger partial charge < -0.3 is 26.3 Å². The summed E-state index contributed by atoms with van der Waals surface area (Å²) in [7, 11) is 1.50. The monoisotopic (exact) mass is 527 g/mol. The molecule has 10 nitrogen and oxygen atoms in total. The third-order valence-corrected chi connectivity index (χ3v) is 6.80. The number of nitrogens with two attached hydrogens (primary N) is 2. The molecule has 0 saturated carbocycles. The molecule has 2 unspecified atom stereocenters. The van der Waals surface area contributed by atoms with E-state index in [-0.39, 0.29) is 34.6 Å². The molecular weight excluding hydrogens is 501 g/mol. The Kier molecular flexibility index (Phi) is 7.99. The summed E-state index contributed by atoms with van der Waals surface area (Å²) in [4.78, 5) is 40.2. The number of hydrogen-bond donors (Lipinski definition) is 3. The largest absolute Gasteiger partial charge is 0.497 e. The predicted octanol–water partition coefficient (Wildman–Crippen LogP) is 2.66. The number of aromatic nitrogens is 1. The zero-order valence-corrected chi connectivity index (χ0v) is 20.8. The zero-order valence-electron chi connectivity index (χ0n) is 20.0. The number of primary amides is 1. The third kappa shape index (κ3) is 5.54. The van der Waals surface area contributed by atoms with Crippen LogP contribution in [0.2, 0.25) is 0 Å². The summed E-state index contributed by atoms with van der Waals surface area (Å²) < 4.78 is 29.9. The lowest BCUT2D eigenvalue weighted by Crippen LogP contribution is -2.46. The number of anilines is 2. The molecular formula is C25H26FN5O5S. The summed E-state index contributed by atoms with van der Waals surface area (Å²) in [6.45, 7) is 0.828. The average molecular weight is 528 g/mol. The Morgan fingerprint density at radius 1 is 1.24 bits per heavy atom. The van der Waals surface area contributed by atoms with Crippen LogP contribution in [0.4, 0.5) is 15.8 Å². The second-order valence-electron chi connectivity index (χ2n) is 8.32. The first-order chi connectivity index (χ1) is 17.8. The van der Waals surface area contributed by atoms with Crippen molar-refractivity contribution in [1.29, 1.82) is 0 Å². The molecule has 3 aromatic rings. The lowest BCUT2D eigenvalue weighted by molar-refractivity contribution is -0.123. The number of amides is 3. The lowest BCUT2D eigenvalue weighted by Gasteiger charge is -2.31. The maximum atomic E-state index is 15.2. The molecule has 2 atom stereocenters. The zero-order chi connectivity index (χ0) is 26.5. The van der Waals surface area contributed by atoms with Gasteiger partial charge in [0.05, 0.1) is 24.6 Å². The summed E-state index contributed by atoms with van der Waals surface area (Å²) >= 11 is 0.644. The fourth-order valence-corrected chi connectivity index (χ4v) is 4.81. The molecule has 0 bridgehead atoms. The van der Waals surface area contributed by atoms with Crippen LogP contribution in [0.1, 0.15) is 44.6 Å². The topological polar surface area (TPSA) is 150 Å². The van der Waals surface area contributed by atoms with E-state index >= 15 is 4.39 Å². The van der Waals surface area contributed by atoms with E-state index in [0.717, 1.165) is 17.7 Å². The van der Waals surface area contributed by atoms with Crippen LogP contribution in [-0.4, -0.2) is 48.5 Å². The van der Waals surface area contributed by atoms with Gasteiger partial charge in [-0.1, -0.05) is 24.3 Å². The molecule has 2 aromatic carbocycles. The summed E-state index contributed by atoms with van der Waals surface area (Å²) in [5, 5.41) is 2.84. The van der Waals surface area contributed by atoms with Gasteiger partial charge in [-0.2, -0.15) is 4.37 Å². The molecule has 1 saturated heterocycles. The molecule has 0 aliphatic carbocycles. The number of carbonyl (C=O) groups excluding carboxylic acids is 3. The van der Waals surface area contributed by atoms with E-state index in [0.29, 0.717) is 29.5 Å². The van der Waals surface area contributed by atoms with Gasteiger partial charge >= 0.3 is 0 Å². The highest BCUT2D eigenvalue weighted by atomic mass is 32.1. The highest BCUT2D eigenvalue weighted by Gasteiger charge is 2.37. The Morgan fingerprint density at radius 2 is 1.97 bits per heavy atom. The van der Waals surface area contributed by atoms with Gasteiger partial charge in [0.2, 0.25) is 5.91 Å². The smallest absolute Gasteiger partial charge is 0.273 e. The first-order valence-electron chi connectivity index (χ1n) is 11.5. The number of halogens is 1. The molecule has 1 aromatic heterocycles. The van der Waals surface area contributed by atoms with Gasteiger partial charge in [-0.3, -0.25) is 19.3 Å². The predicted molar refractivity (Wildman–Crippen MR) is 136 cm³/mol. The van der Waals surface area contributed by atoms with Crippen LogP contribution in [0.15, 0.2) is 48.5 Å². The maximum absolute atomic E-state index is 15.2. The number of nitrogens with zero attached hydrogens (tertiary/aromatic N) is 2. The summed E-state index contributed by atoms with van der Waals surface area (Å²) in [5.41, 5.74) is 11.1. The number of ether oxygens (including phenoxy) is 2. The van der Waals surface area contributed by atoms with Crippen molar-refractivity contribution in [3.8, 4) is 5.75 Å². The van der Waals surface area contributed by atoms with Crippen LogP contribution in [0.25, 0.3) is 0 Å². The summed E-state index contributed by atoms with van der Waals surface area (Å²) in [6.07, 6.45) is 1.51. The van der Waals surface area contributed by atoms with Gasteiger partial charge in [-0.05, 0) is 54.2 Å². The highest BCUT2D eigenvalue weighted by molar-refractivity contribution is 7.09. The van der Waals surface area contributed by atoms with Crippen LogP contribution >= 0.6 is 11.5 Å². The Bertz CT molecular complexity index is 1290. The molecule has 3 amide bonds. The molecule has 4 rings (SSSR count). The van der Waals surface area contributed by atoms with E-state index in [4.69, 9.17) is 20.9 Å². The minimum Gasteiger partial charge on any atom is -0.497 e. The van der Waals surface area contributed by atoms with E-state index < -0.39 is 29.6 Å². The molecule has 5 N–H and O–H groups in total. The second-order valence-corrected chi connectivity index (χ2v) is 9.09. The number of benzene rings is 2. The first-order valence-corrected chi connectivity index (χ1v) is 12.3. The number of hydrogen-bond acceptors (Lipinski definition) is 8. The number of methoxy groups -OCH3 is 1. The fraction of sp³-hybridized carbons (Fsp3) is 0.280. The van der Waals surface area contributed by atoms with Gasteiger partial charge in [0.1, 0.15) is 22.5 Å². The van der Waals surface area contributed by atoms with Crippen molar-refractivity contribution >= 4 is 40.6 Å². The van der Waals surface area contributed by atoms with Crippen LogP contribution in [-0.2, 0) is 9.53 Å². The minimum atomic E-state index is -1.31. The van der Waals surface area contributed by atoms with Gasteiger partial charge in [0.15, 0.2) is 5.69 Å². The minimum absolute atomic E-state index is 0.150. The number of carbonyl (C=O) groups is 3. The van der Waals surface area contributed by atoms with Crippen LogP contribution in [0.3, 0.4) is 0 Å². The fourth-order valence-electron chi connectivity index (χ4n) is 4.07. The normalized spacial score (nSPS) is 15.7. The van der Waals surface area contributed by atoms with Gasteiger partial charge in [0.25, 0.3) is 11.8 Å². The quantitative estimate of drug-likeness (QED) is 0.387. The molecule has 12 heteroatoms. The van der Waals surface area contributed by atoms with Crippen molar-refractivity contribution < 1.29 is 28.2 Å². The molecule has 2 heterocycles. The first kappa shape index (κ1) is 26.0. The van der Waals surface area contributed by atoms with E-state index in [9.17, 15) is 14.4 Å².